The number of halogens is 2. The number of nitrogens with zero attached hydrogens (tertiary/aromatic N) is 10. The van der Waals surface area contributed by atoms with Crippen molar-refractivity contribution in [1.82, 2.24) is 54.3 Å². The van der Waals surface area contributed by atoms with Crippen molar-refractivity contribution < 1.29 is 76.8 Å². The number of benzene rings is 3. The molecular weight excluding hydrogens is 1620 g/mol. The number of ether oxygens (including phenoxy) is 6. The highest BCUT2D eigenvalue weighted by molar-refractivity contribution is 7.90. The average molecular weight is 1720 g/mol. The number of nitrogen functional groups attached to an aromatic ring is 1. The first-order chi connectivity index (χ1) is 57.7. The van der Waals surface area contributed by atoms with E-state index >= 15 is 0 Å². The third-order valence-corrected chi connectivity index (χ3v) is 23.5. The number of hydrogen-bond donors (Lipinski definition) is 5. The predicted octanol–water partition coefficient (Wildman–Crippen LogP) is 12.9. The number of anilines is 4. The zero-order valence-electron chi connectivity index (χ0n) is 68.6. The molecule has 1 aliphatic carbocycles. The molecule has 3 amide bonds. The second kappa shape index (κ2) is 39.1. The van der Waals surface area contributed by atoms with E-state index in [0.29, 0.717) is 133 Å². The van der Waals surface area contributed by atoms with Gasteiger partial charge in [-0.1, -0.05) is 71.9 Å². The van der Waals surface area contributed by atoms with Crippen LogP contribution in [0.4, 0.5) is 32.1 Å². The molecule has 1 unspecified atom stereocenters. The summed E-state index contributed by atoms with van der Waals surface area (Å²) in [7, 11) is -11.4. The summed E-state index contributed by atoms with van der Waals surface area (Å²) >= 11 is 0. The normalized spacial score (nSPS) is 15.5. The van der Waals surface area contributed by atoms with Gasteiger partial charge in [-0.25, -0.2) is 47.9 Å². The Morgan fingerprint density at radius 1 is 0.529 bits per heavy atom. The molecule has 0 bridgehead atoms. The second-order valence-corrected chi connectivity index (χ2v) is 36.5. The van der Waals surface area contributed by atoms with Crippen molar-refractivity contribution in [1.29, 1.82) is 0 Å². The van der Waals surface area contributed by atoms with E-state index < -0.39 is 59.4 Å². The number of methoxy groups -OCH3 is 1. The van der Waals surface area contributed by atoms with E-state index in [1.165, 1.54) is 105 Å². The molecule has 4 fully saturated rings. The molecule has 3 aromatic carbocycles. The highest BCUT2D eigenvalue weighted by Crippen LogP contribution is 2.38. The lowest BCUT2D eigenvalue weighted by Gasteiger charge is -2.38. The van der Waals surface area contributed by atoms with Crippen LogP contribution in [0.5, 0.6) is 29.0 Å². The highest BCUT2D eigenvalue weighted by atomic mass is 32.2. The average Bonchev–Trinajstić information content (AvgIpc) is 1.58. The zero-order chi connectivity index (χ0) is 86.3. The summed E-state index contributed by atoms with van der Waals surface area (Å²) in [6.07, 6.45) is 9.25. The first kappa shape index (κ1) is 88.3. The van der Waals surface area contributed by atoms with Gasteiger partial charge in [0.1, 0.15) is 58.3 Å². The lowest BCUT2D eigenvalue weighted by Crippen LogP contribution is -2.40. The number of aromatic amines is 1. The number of H-pyrrole nitrogens is 1. The van der Waals surface area contributed by atoms with Crippen LogP contribution in [0.25, 0.3) is 33.8 Å². The van der Waals surface area contributed by atoms with Crippen LogP contribution < -0.4 is 58.3 Å². The van der Waals surface area contributed by atoms with Gasteiger partial charge in [0.05, 0.1) is 79.0 Å². The third-order valence-electron chi connectivity index (χ3n) is 19.8. The Labute approximate surface area is 702 Å². The number of piperidine rings is 2. The molecule has 30 nitrogen and oxygen atoms in total. The maximum absolute atomic E-state index is 14.5. The van der Waals surface area contributed by atoms with E-state index in [4.69, 9.17) is 49.1 Å². The predicted molar refractivity (Wildman–Crippen MR) is 452 cm³/mol. The van der Waals surface area contributed by atoms with Crippen molar-refractivity contribution in [2.45, 2.75) is 134 Å². The van der Waals surface area contributed by atoms with Crippen LogP contribution in [0.15, 0.2) is 185 Å². The summed E-state index contributed by atoms with van der Waals surface area (Å²) in [6, 6.07) is 40.9. The lowest BCUT2D eigenvalue weighted by atomic mass is 9.82. The number of aromatic nitrogens is 8. The maximum Gasteiger partial charge on any atom is 0.281 e. The molecule has 4 aliphatic rings. The molecule has 35 heteroatoms. The van der Waals surface area contributed by atoms with E-state index in [2.05, 4.69) is 53.2 Å². The Morgan fingerprint density at radius 2 is 1.03 bits per heavy atom. The highest BCUT2D eigenvalue weighted by Gasteiger charge is 2.35. The molecule has 640 valence electrons. The van der Waals surface area contributed by atoms with Crippen molar-refractivity contribution >= 4 is 71.1 Å². The van der Waals surface area contributed by atoms with Crippen LogP contribution in [-0.2, 0) is 34.8 Å². The number of rotatable bonds is 29. The topological polar surface area (TPSA) is 387 Å². The summed E-state index contributed by atoms with van der Waals surface area (Å²) in [5.74, 6) is 0.849. The summed E-state index contributed by atoms with van der Waals surface area (Å²) in [4.78, 5) is 72.3. The lowest BCUT2D eigenvalue weighted by molar-refractivity contribution is 0.0304. The smallest absolute Gasteiger partial charge is 0.281 e. The molecule has 10 heterocycles. The maximum atomic E-state index is 14.5. The summed E-state index contributed by atoms with van der Waals surface area (Å²) < 4.78 is 147. The summed E-state index contributed by atoms with van der Waals surface area (Å²) in [5, 5.41) is 5.08. The molecule has 7 aromatic heterocycles. The second-order valence-electron chi connectivity index (χ2n) is 31.6. The fourth-order valence-electron chi connectivity index (χ4n) is 13.2. The molecule has 3 saturated heterocycles. The number of amides is 3. The third kappa shape index (κ3) is 24.2. The van der Waals surface area contributed by atoms with Crippen LogP contribution in [0.2, 0.25) is 0 Å². The molecule has 6 N–H and O–H groups in total. The van der Waals surface area contributed by atoms with E-state index in [-0.39, 0.29) is 79.0 Å². The van der Waals surface area contributed by atoms with E-state index in [9.17, 15) is 48.4 Å². The fourth-order valence-corrected chi connectivity index (χ4v) is 15.9. The van der Waals surface area contributed by atoms with Crippen molar-refractivity contribution in [3.05, 3.63) is 198 Å². The van der Waals surface area contributed by atoms with Crippen LogP contribution in [0, 0.1) is 34.8 Å². The summed E-state index contributed by atoms with van der Waals surface area (Å²) in [6.45, 7) is 21.3. The minimum atomic E-state index is -4.30. The van der Waals surface area contributed by atoms with Gasteiger partial charge in [-0.15, -0.1) is 0 Å². The van der Waals surface area contributed by atoms with Crippen LogP contribution in [-0.4, -0.2) is 168 Å². The van der Waals surface area contributed by atoms with Gasteiger partial charge in [0.25, 0.3) is 47.8 Å². The Hall–Kier alpha value is -12.0. The van der Waals surface area contributed by atoms with Crippen molar-refractivity contribution in [3.63, 3.8) is 0 Å². The van der Waals surface area contributed by atoms with Gasteiger partial charge in [-0.2, -0.15) is 35.3 Å². The van der Waals surface area contributed by atoms with E-state index in [1.807, 2.05) is 92.6 Å². The van der Waals surface area contributed by atoms with Gasteiger partial charge in [-0.3, -0.25) is 19.5 Å². The number of hydrogen-bond acceptors (Lipinski definition) is 26. The number of nitrogens with one attached hydrogen (secondary N) is 4. The van der Waals surface area contributed by atoms with E-state index in [1.54, 1.807) is 48.7 Å². The number of pyridine rings is 6. The molecule has 1 saturated carbocycles. The SMILES string of the molecule is CC(C)COc1cc(F)cc(-c2ccc(C(=O)NS(=O)(=O)c3ccn[nH]3)c(N3CCC(OCC4CC4)CC3)n2)c1.CC(C)Oc1ccc(-c2ccc(C(=O)NS(=O)(=O)c3cccc(N)n3)c(N3CCC(Oc4ccccc4)C3)n2)cn1.COc1cccc(S(=O)(=O)NC(=O)c2ccc(-c3cc(F)cc(OCC(C)C)c3)nc2N2CCC(C)(C)CC2)n1. The van der Waals surface area contributed by atoms with Gasteiger partial charge in [0.15, 0.2) is 15.1 Å². The number of para-hydroxylation sites is 1. The monoisotopic (exact) mass is 1720 g/mol. The van der Waals surface area contributed by atoms with Gasteiger partial charge in [-0.05, 0) is 179 Å². The van der Waals surface area contributed by atoms with Crippen molar-refractivity contribution in [2.75, 3.05) is 86.6 Å². The number of nitrogens with two attached hydrogens (primary N) is 1. The van der Waals surface area contributed by atoms with Crippen LogP contribution in [0.1, 0.15) is 131 Å². The zero-order valence-corrected chi connectivity index (χ0v) is 71.0. The van der Waals surface area contributed by atoms with Gasteiger partial charge in [0, 0.05) is 92.9 Å². The number of carbonyl (C=O) groups is 3. The van der Waals surface area contributed by atoms with Crippen LogP contribution >= 0.6 is 0 Å². The fraction of sp³-hybridized carbons (Fsp3) is 0.372. The first-order valence-electron chi connectivity index (χ1n) is 39.8. The molecule has 121 heavy (non-hydrogen) atoms. The Morgan fingerprint density at radius 3 is 1.53 bits per heavy atom. The van der Waals surface area contributed by atoms with E-state index in [0.717, 1.165) is 38.0 Å². The van der Waals surface area contributed by atoms with Gasteiger partial charge in [0.2, 0.25) is 11.8 Å². The standard InChI is InChI=1S/C29H35FN4O5S.C29H30N6O5S.C28H34FN5O5S/c1-19(2)18-39-22-16-20(15-21(30)17-22)24-10-9-23(27(31-24)34-13-11-29(3,4)12-14-34)28(35)33-40(36,37)26-8-6-7-25(32-26)38-5;1-19(2)39-26-14-11-20(17-31-26)24-13-12-23(29(36)34-41(37,38)27-10-6-9-25(30)33-27)28(32-24)35-16-15-22(18-35)40-21-7-4-3-5-8-21;1-18(2)16-38-23-14-20(13-21(29)15-23)25-6-5-24(28(35)33-40(36,37)26-7-10-30-32-26)27(31-25)34-11-8-22(9-12-34)39-17-19-3-4-19/h6-10,15-17,19H,11-14,18H2,1-5H3,(H,33,35);3-14,17,19,22H,15-16,18H2,1-2H3,(H2,30,33)(H,34,36);5-7,10,13-15,18-19,22H,3-4,8-9,11-12,16-17H2,1-2H3,(H,30,32)(H,33,35). The number of sulfonamides is 3. The van der Waals surface area contributed by atoms with Crippen molar-refractivity contribution in [2.24, 2.45) is 23.2 Å². The van der Waals surface area contributed by atoms with Crippen LogP contribution in [0.3, 0.4) is 0 Å². The molecule has 3 aliphatic heterocycles. The Bertz CT molecular complexity index is 5640. The Kier molecular flexibility index (Phi) is 28.5. The van der Waals surface area contributed by atoms with Crippen molar-refractivity contribution in [3.8, 4) is 62.8 Å². The molecule has 14 rings (SSSR count). The minimum absolute atomic E-state index is 0.0177. The first-order valence-corrected chi connectivity index (χ1v) is 44.2. The molecular formula is C86H99F2N15O15S3. The summed E-state index contributed by atoms with van der Waals surface area (Å²) in [5.41, 5.74) is 9.16. The molecule has 0 radical (unpaired) electrons. The largest absolute Gasteiger partial charge is 0.493 e. The van der Waals surface area contributed by atoms with Gasteiger partial charge < -0.3 is 48.9 Å². The quantitative estimate of drug-likeness (QED) is 0.0291. The number of carbonyl (C=O) groups excluding carboxylic acids is 3. The Balaban J connectivity index is 0.000000166. The molecule has 1 atom stereocenters. The van der Waals surface area contributed by atoms with Gasteiger partial charge >= 0.3 is 0 Å². The minimum Gasteiger partial charge on any atom is -0.493 e. The molecule has 10 aromatic rings. The molecule has 0 spiro atoms.